The second kappa shape index (κ2) is 6.35. The van der Waals surface area contributed by atoms with Gasteiger partial charge in [0.25, 0.3) is 0 Å². The molecule has 0 aromatic carbocycles. The van der Waals surface area contributed by atoms with Crippen molar-refractivity contribution in [3.8, 4) is 10.6 Å². The summed E-state index contributed by atoms with van der Waals surface area (Å²) in [5.41, 5.74) is 2.36. The minimum Gasteiger partial charge on any atom is -0.310 e. The normalized spacial score (nSPS) is 12.7. The molecule has 3 aromatic heterocycles. The Morgan fingerprint density at radius 3 is 2.85 bits per heavy atom. The van der Waals surface area contributed by atoms with Gasteiger partial charge in [0.05, 0.1) is 16.8 Å². The van der Waals surface area contributed by atoms with E-state index in [1.54, 1.807) is 11.3 Å². The third kappa shape index (κ3) is 3.17. The second-order valence-electron chi connectivity index (χ2n) is 4.81. The van der Waals surface area contributed by atoms with Crippen LogP contribution >= 0.6 is 22.7 Å². The third-order valence-corrected chi connectivity index (χ3v) is 5.00. The molecule has 0 aliphatic rings. The number of H-pyrrole nitrogens is 1. The summed E-state index contributed by atoms with van der Waals surface area (Å²) in [5, 5.41) is 15.1. The van der Waals surface area contributed by atoms with Crippen molar-refractivity contribution in [1.29, 1.82) is 0 Å². The van der Waals surface area contributed by atoms with Crippen molar-refractivity contribution in [3.63, 3.8) is 0 Å². The topological polar surface area (TPSA) is 40.7 Å². The molecule has 0 amide bonds. The fourth-order valence-corrected chi connectivity index (χ4v) is 3.76. The van der Waals surface area contributed by atoms with Crippen LogP contribution in [-0.2, 0) is 13.0 Å². The molecule has 0 aliphatic carbocycles. The van der Waals surface area contributed by atoms with Gasteiger partial charge in [-0.2, -0.15) is 5.10 Å². The van der Waals surface area contributed by atoms with Gasteiger partial charge in [0.15, 0.2) is 0 Å². The molecule has 1 unspecified atom stereocenters. The molecule has 0 bridgehead atoms. The zero-order chi connectivity index (χ0) is 13.8. The van der Waals surface area contributed by atoms with Crippen LogP contribution in [0.25, 0.3) is 10.6 Å². The maximum Gasteiger partial charge on any atom is 0.0794 e. The summed E-state index contributed by atoms with van der Waals surface area (Å²) < 4.78 is 0. The quantitative estimate of drug-likeness (QED) is 0.724. The third-order valence-electron chi connectivity index (χ3n) is 3.21. The van der Waals surface area contributed by atoms with Crippen molar-refractivity contribution >= 4 is 22.7 Å². The van der Waals surface area contributed by atoms with Crippen LogP contribution in [0.5, 0.6) is 0 Å². The van der Waals surface area contributed by atoms with Crippen LogP contribution in [0.15, 0.2) is 41.2 Å². The average Bonchev–Trinajstić information content (AvgIpc) is 3.18. The first-order valence-electron chi connectivity index (χ1n) is 6.65. The van der Waals surface area contributed by atoms with E-state index in [0.29, 0.717) is 6.04 Å². The summed E-state index contributed by atoms with van der Waals surface area (Å²) in [6.45, 7) is 3.07. The van der Waals surface area contributed by atoms with E-state index in [2.05, 4.69) is 57.5 Å². The average molecular weight is 303 g/mol. The number of rotatable bonds is 6. The Hall–Kier alpha value is -1.43. The standard InChI is InChI=1S/C15H17N3S2/c1-11(8-13-4-2-6-19-13)16-9-12-10-17-18-15(12)14-5-3-7-20-14/h2-7,10-11,16H,8-9H2,1H3,(H,17,18). The molecule has 3 rings (SSSR count). The lowest BCUT2D eigenvalue weighted by Gasteiger charge is -2.12. The number of aromatic amines is 1. The first kappa shape index (κ1) is 13.5. The van der Waals surface area contributed by atoms with Gasteiger partial charge in [-0.15, -0.1) is 22.7 Å². The van der Waals surface area contributed by atoms with Gasteiger partial charge in [-0.3, -0.25) is 5.10 Å². The highest BCUT2D eigenvalue weighted by atomic mass is 32.1. The van der Waals surface area contributed by atoms with Crippen LogP contribution in [0.3, 0.4) is 0 Å². The summed E-state index contributed by atoms with van der Waals surface area (Å²) in [4.78, 5) is 2.67. The van der Waals surface area contributed by atoms with E-state index < -0.39 is 0 Å². The predicted octanol–water partition coefficient (Wildman–Crippen LogP) is 3.92. The fourth-order valence-electron chi connectivity index (χ4n) is 2.17. The molecule has 20 heavy (non-hydrogen) atoms. The zero-order valence-corrected chi connectivity index (χ0v) is 12.9. The van der Waals surface area contributed by atoms with Gasteiger partial charge in [0.1, 0.15) is 0 Å². The van der Waals surface area contributed by atoms with Gasteiger partial charge in [-0.05, 0) is 36.2 Å². The highest BCUT2D eigenvalue weighted by molar-refractivity contribution is 7.13. The highest BCUT2D eigenvalue weighted by Crippen LogP contribution is 2.25. The van der Waals surface area contributed by atoms with Gasteiger partial charge in [0.2, 0.25) is 0 Å². The van der Waals surface area contributed by atoms with Crippen LogP contribution in [0.4, 0.5) is 0 Å². The van der Waals surface area contributed by atoms with Crippen molar-refractivity contribution < 1.29 is 0 Å². The van der Waals surface area contributed by atoms with Crippen molar-refractivity contribution in [2.45, 2.75) is 25.9 Å². The predicted molar refractivity (Wildman–Crippen MR) is 86.2 cm³/mol. The Kier molecular flexibility index (Phi) is 4.30. The van der Waals surface area contributed by atoms with Gasteiger partial charge >= 0.3 is 0 Å². The van der Waals surface area contributed by atoms with Gasteiger partial charge in [-0.1, -0.05) is 12.1 Å². The first-order chi connectivity index (χ1) is 9.83. The van der Waals surface area contributed by atoms with Crippen LogP contribution in [0, 0.1) is 0 Å². The molecule has 0 radical (unpaired) electrons. The largest absolute Gasteiger partial charge is 0.310 e. The molecule has 3 heterocycles. The minimum atomic E-state index is 0.458. The van der Waals surface area contributed by atoms with Crippen LogP contribution in [0.2, 0.25) is 0 Å². The first-order valence-corrected chi connectivity index (χ1v) is 8.41. The van der Waals surface area contributed by atoms with E-state index in [4.69, 9.17) is 0 Å². The Balaban J connectivity index is 1.60. The van der Waals surface area contributed by atoms with Crippen molar-refractivity contribution in [2.75, 3.05) is 0 Å². The molecule has 2 N–H and O–H groups in total. The number of nitrogens with one attached hydrogen (secondary N) is 2. The molecule has 1 atom stereocenters. The molecule has 0 saturated heterocycles. The fraction of sp³-hybridized carbons (Fsp3) is 0.267. The van der Waals surface area contributed by atoms with E-state index in [9.17, 15) is 0 Å². The summed E-state index contributed by atoms with van der Waals surface area (Å²) in [7, 11) is 0. The lowest BCUT2D eigenvalue weighted by molar-refractivity contribution is 0.549. The van der Waals surface area contributed by atoms with Crippen LogP contribution in [0.1, 0.15) is 17.4 Å². The molecular formula is C15H17N3S2. The van der Waals surface area contributed by atoms with Crippen molar-refractivity contribution in [3.05, 3.63) is 51.7 Å². The lowest BCUT2D eigenvalue weighted by Crippen LogP contribution is -2.27. The van der Waals surface area contributed by atoms with E-state index in [0.717, 1.165) is 18.7 Å². The molecule has 0 aliphatic heterocycles. The molecule has 0 fully saturated rings. The number of hydrogen-bond donors (Lipinski definition) is 2. The summed E-state index contributed by atoms with van der Waals surface area (Å²) in [6.07, 6.45) is 2.99. The molecular weight excluding hydrogens is 286 g/mol. The van der Waals surface area contributed by atoms with Crippen molar-refractivity contribution in [1.82, 2.24) is 15.5 Å². The molecule has 3 nitrogen and oxygen atoms in total. The lowest BCUT2D eigenvalue weighted by atomic mass is 10.1. The van der Waals surface area contributed by atoms with E-state index in [-0.39, 0.29) is 0 Å². The summed E-state index contributed by atoms with van der Waals surface area (Å²) in [5.74, 6) is 0. The number of aromatic nitrogens is 2. The monoisotopic (exact) mass is 303 g/mol. The van der Waals surface area contributed by atoms with Gasteiger partial charge < -0.3 is 5.32 Å². The summed E-state index contributed by atoms with van der Waals surface area (Å²) >= 11 is 3.55. The number of hydrogen-bond acceptors (Lipinski definition) is 4. The van der Waals surface area contributed by atoms with E-state index in [1.807, 2.05) is 17.5 Å². The van der Waals surface area contributed by atoms with Crippen molar-refractivity contribution in [2.24, 2.45) is 0 Å². The minimum absolute atomic E-state index is 0.458. The second-order valence-corrected chi connectivity index (χ2v) is 6.79. The molecule has 104 valence electrons. The highest BCUT2D eigenvalue weighted by Gasteiger charge is 2.10. The maximum absolute atomic E-state index is 4.18. The van der Waals surface area contributed by atoms with E-state index in [1.165, 1.54) is 15.3 Å². The SMILES string of the molecule is CC(Cc1cccs1)NCc1cn[nH]c1-c1cccs1. The molecule has 0 spiro atoms. The smallest absolute Gasteiger partial charge is 0.0794 e. The number of nitrogens with zero attached hydrogens (tertiary/aromatic N) is 1. The Bertz CT molecular complexity index is 626. The Morgan fingerprint density at radius 2 is 2.10 bits per heavy atom. The summed E-state index contributed by atoms with van der Waals surface area (Å²) in [6, 6.07) is 8.95. The van der Waals surface area contributed by atoms with Crippen LogP contribution < -0.4 is 5.32 Å². The van der Waals surface area contributed by atoms with E-state index >= 15 is 0 Å². The zero-order valence-electron chi connectivity index (χ0n) is 11.3. The molecule has 0 saturated carbocycles. The van der Waals surface area contributed by atoms with Gasteiger partial charge in [0, 0.05) is 23.0 Å². The van der Waals surface area contributed by atoms with Crippen LogP contribution in [-0.4, -0.2) is 16.2 Å². The maximum atomic E-state index is 4.18. The molecule has 5 heteroatoms. The number of thiophene rings is 2. The molecule has 3 aromatic rings. The van der Waals surface area contributed by atoms with Gasteiger partial charge in [-0.25, -0.2) is 0 Å². The Labute approximate surface area is 126 Å². The Morgan fingerprint density at radius 1 is 1.25 bits per heavy atom.